The van der Waals surface area contributed by atoms with Crippen LogP contribution in [0.5, 0.6) is 0 Å². The molecule has 0 aliphatic heterocycles. The van der Waals surface area contributed by atoms with Gasteiger partial charge in [-0.15, -0.1) is 0 Å². The predicted octanol–water partition coefficient (Wildman–Crippen LogP) is 2.99. The highest BCUT2D eigenvalue weighted by Gasteiger charge is 2.10. The first-order valence-corrected chi connectivity index (χ1v) is 7.79. The lowest BCUT2D eigenvalue weighted by atomic mass is 10.2. The van der Waals surface area contributed by atoms with Crippen LogP contribution < -0.4 is 10.6 Å². The van der Waals surface area contributed by atoms with Crippen LogP contribution in [0.25, 0.3) is 16.7 Å². The monoisotopic (exact) mass is 349 g/mol. The van der Waals surface area contributed by atoms with Crippen LogP contribution in [0, 0.1) is 0 Å². The zero-order valence-corrected chi connectivity index (χ0v) is 13.8. The Bertz CT molecular complexity index is 1100. The van der Waals surface area contributed by atoms with Crippen molar-refractivity contribution in [2.75, 3.05) is 10.6 Å². The molecule has 130 valence electrons. The lowest BCUT2D eigenvalue weighted by Gasteiger charge is -2.08. The quantitative estimate of drug-likeness (QED) is 0.522. The number of nitrogens with zero attached hydrogens (tertiary/aromatic N) is 5. The molecule has 1 amide bonds. The zero-order valence-electron chi connectivity index (χ0n) is 13.8. The normalized spacial score (nSPS) is 10.8. The van der Waals surface area contributed by atoms with E-state index in [0.29, 0.717) is 17.5 Å². The summed E-state index contributed by atoms with van der Waals surface area (Å²) in [4.78, 5) is 19.7. The topological polar surface area (TPSA) is 110 Å². The Morgan fingerprint density at radius 2 is 2.12 bits per heavy atom. The maximum atomic E-state index is 11.0. The molecule has 0 aliphatic rings. The Balaban J connectivity index is 1.71. The molecule has 0 aliphatic carbocycles. The fraction of sp³-hybridized carbons (Fsp3) is 0.0588. The first-order chi connectivity index (χ1) is 12.6. The van der Waals surface area contributed by atoms with Gasteiger partial charge < -0.3 is 15.0 Å². The molecule has 0 unspecified atom stereocenters. The summed E-state index contributed by atoms with van der Waals surface area (Å²) in [6, 6.07) is 9.04. The van der Waals surface area contributed by atoms with Crippen molar-refractivity contribution in [1.82, 2.24) is 24.3 Å². The first-order valence-electron chi connectivity index (χ1n) is 7.79. The van der Waals surface area contributed by atoms with Crippen LogP contribution in [0.3, 0.4) is 0 Å². The van der Waals surface area contributed by atoms with Gasteiger partial charge in [-0.25, -0.2) is 9.78 Å². The van der Waals surface area contributed by atoms with Crippen molar-refractivity contribution in [2.24, 2.45) is 7.05 Å². The highest BCUT2D eigenvalue weighted by molar-refractivity contribution is 5.99. The lowest BCUT2D eigenvalue weighted by molar-refractivity contribution is 0.210. The SMILES string of the molecule is Cn1cc(Nc2nccc(-n3ccc4c(NC(=O)O)cccc43)n2)cn1. The number of carboxylic acid groups (broad SMARTS) is 1. The summed E-state index contributed by atoms with van der Waals surface area (Å²) in [6.07, 6.45) is 5.91. The molecule has 0 fully saturated rings. The number of hydrogen-bond acceptors (Lipinski definition) is 5. The van der Waals surface area contributed by atoms with Gasteiger partial charge in [0.15, 0.2) is 0 Å². The molecule has 0 saturated heterocycles. The van der Waals surface area contributed by atoms with Crippen LogP contribution in [0.4, 0.5) is 22.1 Å². The minimum Gasteiger partial charge on any atom is -0.465 e. The number of anilines is 3. The van der Waals surface area contributed by atoms with Gasteiger partial charge in [-0.1, -0.05) is 6.07 Å². The van der Waals surface area contributed by atoms with Gasteiger partial charge in [0, 0.05) is 31.0 Å². The molecule has 0 spiro atoms. The molecule has 0 atom stereocenters. The van der Waals surface area contributed by atoms with Gasteiger partial charge in [0.1, 0.15) is 5.82 Å². The maximum Gasteiger partial charge on any atom is 0.409 e. The smallest absolute Gasteiger partial charge is 0.409 e. The minimum absolute atomic E-state index is 0.442. The second-order valence-electron chi connectivity index (χ2n) is 5.62. The second kappa shape index (κ2) is 6.20. The van der Waals surface area contributed by atoms with E-state index in [4.69, 9.17) is 5.11 Å². The van der Waals surface area contributed by atoms with Gasteiger partial charge in [-0.05, 0) is 24.3 Å². The Hall–Kier alpha value is -3.88. The Morgan fingerprint density at radius 1 is 1.23 bits per heavy atom. The second-order valence-corrected chi connectivity index (χ2v) is 5.62. The maximum absolute atomic E-state index is 11.0. The third-order valence-corrected chi connectivity index (χ3v) is 3.82. The van der Waals surface area contributed by atoms with Crippen LogP contribution in [0.1, 0.15) is 0 Å². The molecule has 4 aromatic rings. The number of nitrogens with one attached hydrogen (secondary N) is 2. The third-order valence-electron chi connectivity index (χ3n) is 3.82. The summed E-state index contributed by atoms with van der Waals surface area (Å²) in [7, 11) is 1.83. The number of carbonyl (C=O) groups is 1. The van der Waals surface area contributed by atoms with Crippen LogP contribution in [-0.4, -0.2) is 35.5 Å². The van der Waals surface area contributed by atoms with E-state index in [1.54, 1.807) is 35.3 Å². The number of aromatic nitrogens is 5. The van der Waals surface area contributed by atoms with Gasteiger partial charge in [0.25, 0.3) is 0 Å². The Morgan fingerprint density at radius 3 is 2.88 bits per heavy atom. The molecule has 9 heteroatoms. The molecule has 4 rings (SSSR count). The Labute approximate surface area is 147 Å². The van der Waals surface area contributed by atoms with E-state index in [9.17, 15) is 4.79 Å². The Kier molecular flexibility index (Phi) is 3.73. The third kappa shape index (κ3) is 2.93. The van der Waals surface area contributed by atoms with Crippen molar-refractivity contribution in [2.45, 2.75) is 0 Å². The fourth-order valence-corrected chi connectivity index (χ4v) is 2.75. The molecular formula is C17H15N7O2. The summed E-state index contributed by atoms with van der Waals surface area (Å²) in [6.45, 7) is 0. The highest BCUT2D eigenvalue weighted by Crippen LogP contribution is 2.26. The van der Waals surface area contributed by atoms with Crippen LogP contribution in [0.2, 0.25) is 0 Å². The number of aryl methyl sites for hydroxylation is 1. The van der Waals surface area contributed by atoms with Crippen LogP contribution in [-0.2, 0) is 7.05 Å². The van der Waals surface area contributed by atoms with Gasteiger partial charge in [-0.3, -0.25) is 10.00 Å². The standard InChI is InChI=1S/C17H15N7O2/c1-23-10-11(9-19-23)20-16-18-7-5-15(22-16)24-8-6-12-13(21-17(25)26)3-2-4-14(12)24/h2-10,21H,1H3,(H,25,26)(H,18,20,22). The van der Waals surface area contributed by atoms with Gasteiger partial charge in [0.05, 0.1) is 23.1 Å². The molecule has 9 nitrogen and oxygen atoms in total. The van der Waals surface area contributed by atoms with Crippen molar-refractivity contribution in [3.05, 3.63) is 55.1 Å². The number of benzene rings is 1. The average molecular weight is 349 g/mol. The average Bonchev–Trinajstić information content (AvgIpc) is 3.21. The summed E-state index contributed by atoms with van der Waals surface area (Å²) in [5.74, 6) is 1.10. The molecule has 3 aromatic heterocycles. The van der Waals surface area contributed by atoms with E-state index in [1.165, 1.54) is 0 Å². The summed E-state index contributed by atoms with van der Waals surface area (Å²) < 4.78 is 3.56. The molecule has 0 saturated carbocycles. The van der Waals surface area contributed by atoms with E-state index in [0.717, 1.165) is 16.6 Å². The molecule has 3 heterocycles. The van der Waals surface area contributed by atoms with E-state index < -0.39 is 6.09 Å². The summed E-state index contributed by atoms with van der Waals surface area (Å²) in [5, 5.41) is 19.4. The zero-order chi connectivity index (χ0) is 18.1. The summed E-state index contributed by atoms with van der Waals surface area (Å²) in [5.41, 5.74) is 2.15. The van der Waals surface area contributed by atoms with Gasteiger partial charge in [0.2, 0.25) is 5.95 Å². The minimum atomic E-state index is -1.10. The van der Waals surface area contributed by atoms with Gasteiger partial charge in [-0.2, -0.15) is 10.1 Å². The van der Waals surface area contributed by atoms with Gasteiger partial charge >= 0.3 is 6.09 Å². The molecule has 26 heavy (non-hydrogen) atoms. The van der Waals surface area contributed by atoms with Crippen LogP contribution >= 0.6 is 0 Å². The predicted molar refractivity (Wildman–Crippen MR) is 97.0 cm³/mol. The number of fused-ring (bicyclic) bond motifs is 1. The van der Waals surface area contributed by atoms with E-state index in [2.05, 4.69) is 25.7 Å². The molecule has 0 bridgehead atoms. The van der Waals surface area contributed by atoms with Crippen molar-refractivity contribution in [3.8, 4) is 5.82 Å². The summed E-state index contributed by atoms with van der Waals surface area (Å²) >= 11 is 0. The van der Waals surface area contributed by atoms with E-state index >= 15 is 0 Å². The number of hydrogen-bond donors (Lipinski definition) is 3. The lowest BCUT2D eigenvalue weighted by Crippen LogP contribution is -2.07. The van der Waals surface area contributed by atoms with Crippen molar-refractivity contribution in [1.29, 1.82) is 0 Å². The molecular weight excluding hydrogens is 334 g/mol. The molecule has 0 radical (unpaired) electrons. The highest BCUT2D eigenvalue weighted by atomic mass is 16.4. The number of amides is 1. The van der Waals surface area contributed by atoms with Crippen molar-refractivity contribution < 1.29 is 9.90 Å². The number of rotatable bonds is 4. The van der Waals surface area contributed by atoms with Crippen LogP contribution in [0.15, 0.2) is 55.1 Å². The molecule has 3 N–H and O–H groups in total. The van der Waals surface area contributed by atoms with Crippen molar-refractivity contribution >= 4 is 34.3 Å². The largest absolute Gasteiger partial charge is 0.465 e. The van der Waals surface area contributed by atoms with Crippen molar-refractivity contribution in [3.63, 3.8) is 0 Å². The fourth-order valence-electron chi connectivity index (χ4n) is 2.75. The van der Waals surface area contributed by atoms with E-state index in [-0.39, 0.29) is 0 Å². The molecule has 1 aromatic carbocycles. The van der Waals surface area contributed by atoms with E-state index in [1.807, 2.05) is 36.1 Å². The first kappa shape index (κ1) is 15.6.